The van der Waals surface area contributed by atoms with E-state index in [1.807, 2.05) is 6.07 Å². The van der Waals surface area contributed by atoms with E-state index in [2.05, 4.69) is 11.9 Å². The Morgan fingerprint density at radius 2 is 2.05 bits per heavy atom. The number of benzene rings is 1. The average molecular weight is 274 g/mol. The first-order chi connectivity index (χ1) is 9.53. The quantitative estimate of drug-likeness (QED) is 0.900. The lowest BCUT2D eigenvalue weighted by atomic mass is 9.80. The third-order valence-electron chi connectivity index (χ3n) is 4.99. The summed E-state index contributed by atoms with van der Waals surface area (Å²) in [7, 11) is 2.11. The molecule has 3 rings (SSSR count). The van der Waals surface area contributed by atoms with Crippen LogP contribution in [0.3, 0.4) is 0 Å². The van der Waals surface area contributed by atoms with Gasteiger partial charge >= 0.3 is 0 Å². The van der Waals surface area contributed by atoms with Crippen molar-refractivity contribution in [1.29, 1.82) is 5.26 Å². The molecule has 2 saturated heterocycles. The number of aliphatic hydroxyl groups is 1. The van der Waals surface area contributed by atoms with Crippen LogP contribution in [0.25, 0.3) is 0 Å². The molecule has 2 unspecified atom stereocenters. The maximum Gasteiger partial charge on any atom is 0.127 e. The fraction of sp³-hybridized carbons (Fsp3) is 0.562. The Balaban J connectivity index is 1.89. The summed E-state index contributed by atoms with van der Waals surface area (Å²) in [5.41, 5.74) is 0.127. The number of nitrogens with zero attached hydrogens (tertiary/aromatic N) is 2. The zero-order valence-electron chi connectivity index (χ0n) is 11.6. The van der Waals surface area contributed by atoms with Crippen molar-refractivity contribution < 1.29 is 9.50 Å². The third kappa shape index (κ3) is 2.11. The second-order valence-electron chi connectivity index (χ2n) is 6.13. The summed E-state index contributed by atoms with van der Waals surface area (Å²) in [6, 6.07) is 7.56. The molecular formula is C16H19FN2O. The molecule has 2 fully saturated rings. The Morgan fingerprint density at radius 3 is 2.60 bits per heavy atom. The summed E-state index contributed by atoms with van der Waals surface area (Å²) >= 11 is 0. The molecule has 0 aromatic heterocycles. The topological polar surface area (TPSA) is 47.3 Å². The van der Waals surface area contributed by atoms with Gasteiger partial charge in [-0.25, -0.2) is 4.39 Å². The Labute approximate surface area is 118 Å². The monoisotopic (exact) mass is 274 g/mol. The second kappa shape index (κ2) is 4.83. The standard InChI is InChI=1S/C16H19FN2O/c1-19-13-4-5-14(19)10-16(20,9-13)12-3-2-11(6-7-18)15(17)8-12/h2-3,8,13-14,20H,4-6,9-10H2,1H3. The predicted octanol–water partition coefficient (Wildman–Crippen LogP) is 2.34. The molecule has 0 saturated carbocycles. The minimum absolute atomic E-state index is 0.0680. The van der Waals surface area contributed by atoms with E-state index in [1.165, 1.54) is 6.07 Å². The number of nitriles is 1. The Hall–Kier alpha value is -1.44. The molecule has 1 aromatic rings. The van der Waals surface area contributed by atoms with Gasteiger partial charge < -0.3 is 10.0 Å². The molecule has 0 aliphatic carbocycles. The summed E-state index contributed by atoms with van der Waals surface area (Å²) in [4.78, 5) is 2.34. The van der Waals surface area contributed by atoms with E-state index >= 15 is 0 Å². The van der Waals surface area contributed by atoms with Crippen molar-refractivity contribution in [3.05, 3.63) is 35.1 Å². The van der Waals surface area contributed by atoms with Crippen molar-refractivity contribution in [1.82, 2.24) is 4.90 Å². The molecule has 0 amide bonds. The molecule has 3 nitrogen and oxygen atoms in total. The van der Waals surface area contributed by atoms with Crippen LogP contribution in [0.4, 0.5) is 4.39 Å². The van der Waals surface area contributed by atoms with E-state index in [4.69, 9.17) is 5.26 Å². The van der Waals surface area contributed by atoms with Gasteiger partial charge in [0.1, 0.15) is 5.82 Å². The van der Waals surface area contributed by atoms with Gasteiger partial charge in [-0.2, -0.15) is 5.26 Å². The molecule has 2 aliphatic rings. The number of halogens is 1. The largest absolute Gasteiger partial charge is 0.385 e. The minimum atomic E-state index is -0.926. The molecule has 2 aliphatic heterocycles. The molecule has 0 radical (unpaired) electrons. The molecule has 1 N–H and O–H groups in total. The van der Waals surface area contributed by atoms with Gasteiger partial charge in [-0.05, 0) is 44.4 Å². The highest BCUT2D eigenvalue weighted by Crippen LogP contribution is 2.45. The van der Waals surface area contributed by atoms with E-state index in [9.17, 15) is 9.50 Å². The summed E-state index contributed by atoms with van der Waals surface area (Å²) in [6.07, 6.45) is 3.61. The number of hydrogen-bond donors (Lipinski definition) is 1. The molecule has 2 atom stereocenters. The summed E-state index contributed by atoms with van der Waals surface area (Å²) < 4.78 is 14.0. The van der Waals surface area contributed by atoms with Crippen molar-refractivity contribution in [2.75, 3.05) is 7.05 Å². The van der Waals surface area contributed by atoms with E-state index in [0.717, 1.165) is 12.8 Å². The molecule has 2 heterocycles. The van der Waals surface area contributed by atoms with Crippen molar-refractivity contribution in [2.24, 2.45) is 0 Å². The van der Waals surface area contributed by atoms with Crippen LogP contribution in [0.5, 0.6) is 0 Å². The Morgan fingerprint density at radius 1 is 1.40 bits per heavy atom. The highest BCUT2D eigenvalue weighted by Gasteiger charge is 2.46. The van der Waals surface area contributed by atoms with Crippen LogP contribution in [0.15, 0.2) is 18.2 Å². The van der Waals surface area contributed by atoms with Gasteiger partial charge in [-0.3, -0.25) is 0 Å². The highest BCUT2D eigenvalue weighted by molar-refractivity contribution is 5.31. The zero-order valence-corrected chi connectivity index (χ0v) is 11.6. The molecule has 2 bridgehead atoms. The van der Waals surface area contributed by atoms with Crippen LogP contribution in [0, 0.1) is 17.1 Å². The van der Waals surface area contributed by atoms with Gasteiger partial charge in [0, 0.05) is 17.6 Å². The lowest BCUT2D eigenvalue weighted by Crippen LogP contribution is -2.47. The van der Waals surface area contributed by atoms with Crippen LogP contribution < -0.4 is 0 Å². The SMILES string of the molecule is CN1C2CCC1CC(O)(c1ccc(CC#N)c(F)c1)C2. The highest BCUT2D eigenvalue weighted by atomic mass is 19.1. The first-order valence-electron chi connectivity index (χ1n) is 7.14. The Bertz CT molecular complexity index is 552. The lowest BCUT2D eigenvalue weighted by molar-refractivity contribution is -0.0495. The number of piperidine rings is 1. The Kier molecular flexibility index (Phi) is 3.27. The maximum atomic E-state index is 14.0. The van der Waals surface area contributed by atoms with Gasteiger partial charge in [0.2, 0.25) is 0 Å². The lowest BCUT2D eigenvalue weighted by Gasteiger charge is -2.42. The third-order valence-corrected chi connectivity index (χ3v) is 4.99. The van der Waals surface area contributed by atoms with Gasteiger partial charge in [0.25, 0.3) is 0 Å². The average Bonchev–Trinajstić information content (AvgIpc) is 2.64. The summed E-state index contributed by atoms with van der Waals surface area (Å²) in [5, 5.41) is 19.6. The van der Waals surface area contributed by atoms with Gasteiger partial charge in [0.15, 0.2) is 0 Å². The second-order valence-corrected chi connectivity index (χ2v) is 6.13. The molecule has 0 spiro atoms. The molecule has 20 heavy (non-hydrogen) atoms. The van der Waals surface area contributed by atoms with E-state index in [-0.39, 0.29) is 12.2 Å². The van der Waals surface area contributed by atoms with Crippen LogP contribution in [0.2, 0.25) is 0 Å². The summed E-state index contributed by atoms with van der Waals surface area (Å²) in [6.45, 7) is 0. The van der Waals surface area contributed by atoms with Crippen LogP contribution >= 0.6 is 0 Å². The van der Waals surface area contributed by atoms with E-state index in [0.29, 0.717) is 36.1 Å². The van der Waals surface area contributed by atoms with Crippen LogP contribution in [0.1, 0.15) is 36.8 Å². The predicted molar refractivity (Wildman–Crippen MR) is 73.4 cm³/mol. The van der Waals surface area contributed by atoms with Crippen molar-refractivity contribution >= 4 is 0 Å². The van der Waals surface area contributed by atoms with Gasteiger partial charge in [-0.1, -0.05) is 12.1 Å². The van der Waals surface area contributed by atoms with Crippen molar-refractivity contribution in [3.8, 4) is 6.07 Å². The van der Waals surface area contributed by atoms with Crippen LogP contribution in [-0.4, -0.2) is 29.1 Å². The van der Waals surface area contributed by atoms with Crippen molar-refractivity contribution in [3.63, 3.8) is 0 Å². The van der Waals surface area contributed by atoms with E-state index in [1.54, 1.807) is 12.1 Å². The maximum absolute atomic E-state index is 14.0. The fourth-order valence-electron chi connectivity index (χ4n) is 3.75. The summed E-state index contributed by atoms with van der Waals surface area (Å²) in [5.74, 6) is -0.385. The normalized spacial score (nSPS) is 33.1. The van der Waals surface area contributed by atoms with Crippen LogP contribution in [-0.2, 0) is 12.0 Å². The molecule has 4 heteroatoms. The first kappa shape index (κ1) is 13.5. The number of hydrogen-bond acceptors (Lipinski definition) is 3. The number of fused-ring (bicyclic) bond motifs is 2. The first-order valence-corrected chi connectivity index (χ1v) is 7.14. The minimum Gasteiger partial charge on any atom is -0.385 e. The molecular weight excluding hydrogens is 255 g/mol. The molecule has 106 valence electrons. The molecule has 1 aromatic carbocycles. The zero-order chi connectivity index (χ0) is 14.3. The smallest absolute Gasteiger partial charge is 0.127 e. The van der Waals surface area contributed by atoms with E-state index < -0.39 is 5.60 Å². The van der Waals surface area contributed by atoms with Crippen molar-refractivity contribution in [2.45, 2.75) is 49.8 Å². The number of rotatable bonds is 2. The van der Waals surface area contributed by atoms with Gasteiger partial charge in [0.05, 0.1) is 18.1 Å². The fourth-order valence-corrected chi connectivity index (χ4v) is 3.75. The van der Waals surface area contributed by atoms with Gasteiger partial charge in [-0.15, -0.1) is 0 Å².